The molecule has 0 aromatic heterocycles. The highest BCUT2D eigenvalue weighted by molar-refractivity contribution is 5.72. The van der Waals surface area contributed by atoms with Crippen molar-refractivity contribution < 1.29 is 42.1 Å². The molecule has 0 fully saturated rings. The minimum Gasteiger partial charge on any atom is -0.492 e. The Morgan fingerprint density at radius 1 is 1.03 bits per heavy atom. The minimum atomic E-state index is -4.54. The number of benzene rings is 2. The largest absolute Gasteiger partial charge is 0.492 e. The number of carbonyl (C=O) groups is 2. The van der Waals surface area contributed by atoms with Crippen LogP contribution in [-0.2, 0) is 22.1 Å². The first-order chi connectivity index (χ1) is 17.0. The van der Waals surface area contributed by atoms with Crippen LogP contribution in [0.1, 0.15) is 38.3 Å². The summed E-state index contributed by atoms with van der Waals surface area (Å²) in [4.78, 5) is 25.3. The SMILES string of the molecule is CCOC(Cc1ccc(OCCN(CCC(C)C)C(=O)Oc2cccc(C(F)(F)F)c2)cc1)C(=O)O. The Morgan fingerprint density at radius 2 is 1.72 bits per heavy atom. The number of aliphatic carboxylic acids is 1. The minimum absolute atomic E-state index is 0.131. The maximum atomic E-state index is 13.0. The van der Waals surface area contributed by atoms with Gasteiger partial charge in [-0.15, -0.1) is 0 Å². The Labute approximate surface area is 208 Å². The first kappa shape index (κ1) is 29.0. The van der Waals surface area contributed by atoms with Gasteiger partial charge < -0.3 is 24.2 Å². The van der Waals surface area contributed by atoms with Gasteiger partial charge in [0.2, 0.25) is 0 Å². The summed E-state index contributed by atoms with van der Waals surface area (Å²) >= 11 is 0. The van der Waals surface area contributed by atoms with Crippen LogP contribution in [0, 0.1) is 5.92 Å². The first-order valence-electron chi connectivity index (χ1n) is 11.7. The molecule has 7 nitrogen and oxygen atoms in total. The van der Waals surface area contributed by atoms with Crippen LogP contribution in [0.2, 0.25) is 0 Å². The fourth-order valence-corrected chi connectivity index (χ4v) is 3.24. The van der Waals surface area contributed by atoms with Crippen molar-refractivity contribution in [3.8, 4) is 11.5 Å². The molecule has 0 spiro atoms. The number of ether oxygens (including phenoxy) is 3. The Bertz CT molecular complexity index is 978. The van der Waals surface area contributed by atoms with Crippen molar-refractivity contribution in [1.29, 1.82) is 0 Å². The number of nitrogens with zero attached hydrogens (tertiary/aromatic N) is 1. The van der Waals surface area contributed by atoms with Crippen LogP contribution >= 0.6 is 0 Å². The fraction of sp³-hybridized carbons (Fsp3) is 0.462. The van der Waals surface area contributed by atoms with Crippen LogP contribution in [0.5, 0.6) is 11.5 Å². The van der Waals surface area contributed by atoms with Crippen molar-refractivity contribution in [3.05, 3.63) is 59.7 Å². The summed E-state index contributed by atoms with van der Waals surface area (Å²) in [6.07, 6.45) is -5.34. The second-order valence-corrected chi connectivity index (χ2v) is 8.54. The lowest BCUT2D eigenvalue weighted by Gasteiger charge is -2.23. The number of rotatable bonds is 13. The van der Waals surface area contributed by atoms with Crippen molar-refractivity contribution in [1.82, 2.24) is 4.90 Å². The van der Waals surface area contributed by atoms with Gasteiger partial charge in [-0.2, -0.15) is 13.2 Å². The summed E-state index contributed by atoms with van der Waals surface area (Å²) in [6, 6.07) is 11.0. The van der Waals surface area contributed by atoms with Gasteiger partial charge in [-0.25, -0.2) is 9.59 Å². The summed E-state index contributed by atoms with van der Waals surface area (Å²) in [5.74, 6) is -0.394. The van der Waals surface area contributed by atoms with Gasteiger partial charge >= 0.3 is 18.2 Å². The van der Waals surface area contributed by atoms with E-state index in [-0.39, 0.29) is 25.3 Å². The zero-order chi connectivity index (χ0) is 26.7. The van der Waals surface area contributed by atoms with E-state index >= 15 is 0 Å². The van der Waals surface area contributed by atoms with Gasteiger partial charge in [-0.3, -0.25) is 0 Å². The number of alkyl halides is 3. The van der Waals surface area contributed by atoms with Crippen LogP contribution in [0.4, 0.5) is 18.0 Å². The summed E-state index contributed by atoms with van der Waals surface area (Å²) in [5.41, 5.74) is -0.129. The molecule has 1 unspecified atom stereocenters. The second kappa shape index (κ2) is 13.7. The zero-order valence-electron chi connectivity index (χ0n) is 20.6. The molecule has 2 rings (SSSR count). The van der Waals surface area contributed by atoms with Crippen molar-refractivity contribution in [2.24, 2.45) is 5.92 Å². The Balaban J connectivity index is 1.96. The summed E-state index contributed by atoms with van der Waals surface area (Å²) in [6.45, 7) is 6.66. The van der Waals surface area contributed by atoms with E-state index in [0.29, 0.717) is 31.2 Å². The highest BCUT2D eigenvalue weighted by Crippen LogP contribution is 2.31. The van der Waals surface area contributed by atoms with Gasteiger partial charge in [0.15, 0.2) is 6.10 Å². The van der Waals surface area contributed by atoms with Gasteiger partial charge in [-0.05, 0) is 55.2 Å². The monoisotopic (exact) mass is 511 g/mol. The van der Waals surface area contributed by atoms with E-state index < -0.39 is 29.9 Å². The molecule has 10 heteroatoms. The molecule has 1 N–H and O–H groups in total. The van der Waals surface area contributed by atoms with Crippen molar-refractivity contribution in [2.75, 3.05) is 26.3 Å². The zero-order valence-corrected chi connectivity index (χ0v) is 20.6. The van der Waals surface area contributed by atoms with Gasteiger partial charge in [0.1, 0.15) is 18.1 Å². The highest BCUT2D eigenvalue weighted by atomic mass is 19.4. The van der Waals surface area contributed by atoms with E-state index in [2.05, 4.69) is 0 Å². The number of hydrogen-bond acceptors (Lipinski definition) is 5. The number of halogens is 3. The lowest BCUT2D eigenvalue weighted by molar-refractivity contribution is -0.150. The molecule has 0 aliphatic rings. The van der Waals surface area contributed by atoms with Gasteiger partial charge in [0.25, 0.3) is 0 Å². The molecule has 0 saturated carbocycles. The summed E-state index contributed by atoms with van der Waals surface area (Å²) in [7, 11) is 0. The lowest BCUT2D eigenvalue weighted by Crippen LogP contribution is -2.38. The highest BCUT2D eigenvalue weighted by Gasteiger charge is 2.31. The topological polar surface area (TPSA) is 85.3 Å². The van der Waals surface area contributed by atoms with Crippen LogP contribution in [0.15, 0.2) is 48.5 Å². The normalized spacial score (nSPS) is 12.3. The van der Waals surface area contributed by atoms with Gasteiger partial charge in [0, 0.05) is 19.6 Å². The van der Waals surface area contributed by atoms with E-state index in [1.807, 2.05) is 13.8 Å². The average molecular weight is 512 g/mol. The van der Waals surface area contributed by atoms with E-state index in [9.17, 15) is 27.9 Å². The molecule has 198 valence electrons. The van der Waals surface area contributed by atoms with E-state index in [1.54, 1.807) is 31.2 Å². The van der Waals surface area contributed by atoms with Crippen molar-refractivity contribution in [3.63, 3.8) is 0 Å². The molecule has 36 heavy (non-hydrogen) atoms. The smallest absolute Gasteiger partial charge is 0.416 e. The molecule has 1 atom stereocenters. The second-order valence-electron chi connectivity index (χ2n) is 8.54. The third-order valence-electron chi connectivity index (χ3n) is 5.22. The van der Waals surface area contributed by atoms with E-state index in [1.165, 1.54) is 17.0 Å². The molecular formula is C26H32F3NO6. The third-order valence-corrected chi connectivity index (χ3v) is 5.22. The number of carbonyl (C=O) groups excluding carboxylic acids is 1. The number of carboxylic acids is 1. The van der Waals surface area contributed by atoms with Crippen molar-refractivity contribution in [2.45, 2.75) is 45.9 Å². The fourth-order valence-electron chi connectivity index (χ4n) is 3.24. The maximum absolute atomic E-state index is 13.0. The Morgan fingerprint density at radius 3 is 2.31 bits per heavy atom. The molecule has 2 aromatic carbocycles. The molecule has 0 aliphatic carbocycles. The number of carboxylic acid groups (broad SMARTS) is 1. The molecular weight excluding hydrogens is 479 g/mol. The molecule has 1 amide bonds. The predicted molar refractivity (Wildman–Crippen MR) is 127 cm³/mol. The van der Waals surface area contributed by atoms with Crippen LogP contribution in [-0.4, -0.2) is 54.5 Å². The quantitative estimate of drug-likeness (QED) is 0.373. The van der Waals surface area contributed by atoms with Crippen molar-refractivity contribution >= 4 is 12.1 Å². The van der Waals surface area contributed by atoms with Crippen LogP contribution < -0.4 is 9.47 Å². The lowest BCUT2D eigenvalue weighted by atomic mass is 10.1. The Hall–Kier alpha value is -3.27. The number of hydrogen-bond donors (Lipinski definition) is 1. The summed E-state index contributed by atoms with van der Waals surface area (Å²) in [5, 5.41) is 9.21. The molecule has 0 aliphatic heterocycles. The third kappa shape index (κ3) is 9.77. The molecule has 0 heterocycles. The maximum Gasteiger partial charge on any atom is 0.416 e. The molecule has 0 bridgehead atoms. The van der Waals surface area contributed by atoms with E-state index in [0.717, 1.165) is 17.7 Å². The van der Waals surface area contributed by atoms with E-state index in [4.69, 9.17) is 14.2 Å². The summed E-state index contributed by atoms with van der Waals surface area (Å²) < 4.78 is 55.0. The molecule has 0 radical (unpaired) electrons. The van der Waals surface area contributed by atoms with Crippen LogP contribution in [0.3, 0.4) is 0 Å². The van der Waals surface area contributed by atoms with Gasteiger partial charge in [-0.1, -0.05) is 32.0 Å². The molecule has 2 aromatic rings. The molecule has 0 saturated heterocycles. The number of amides is 1. The Kier molecular flexibility index (Phi) is 11.0. The average Bonchev–Trinajstić information content (AvgIpc) is 2.81. The van der Waals surface area contributed by atoms with Crippen LogP contribution in [0.25, 0.3) is 0 Å². The standard InChI is InChI=1S/C26H32F3NO6/c1-4-34-23(24(31)32)16-19-8-10-21(11-9-19)35-15-14-30(13-12-18(2)3)25(33)36-22-7-5-6-20(17-22)26(27,28)29/h5-11,17-18,23H,4,12-16H2,1-3H3,(H,31,32). The first-order valence-corrected chi connectivity index (χ1v) is 11.7. The predicted octanol–water partition coefficient (Wildman–Crippen LogP) is 5.66. The van der Waals surface area contributed by atoms with Gasteiger partial charge in [0.05, 0.1) is 12.1 Å².